The predicted molar refractivity (Wildman–Crippen MR) is 139 cm³/mol. The summed E-state index contributed by atoms with van der Waals surface area (Å²) in [6.45, 7) is 3.40. The molecule has 0 heterocycles. The molecular weight excluding hydrogens is 488 g/mol. The van der Waals surface area contributed by atoms with Crippen LogP contribution in [-0.4, -0.2) is 24.0 Å². The van der Waals surface area contributed by atoms with Crippen LogP contribution < -0.4 is 11.1 Å². The van der Waals surface area contributed by atoms with Crippen LogP contribution in [0, 0.1) is 0 Å². The number of nitrogen functional groups attached to an aromatic ring is 1. The van der Waals surface area contributed by atoms with E-state index in [2.05, 4.69) is 28.2 Å². The molecule has 1 saturated carbocycles. The van der Waals surface area contributed by atoms with Crippen LogP contribution in [0.2, 0.25) is 0 Å². The Morgan fingerprint density at radius 3 is 2.31 bits per heavy atom. The van der Waals surface area contributed by atoms with Gasteiger partial charge in [-0.3, -0.25) is 0 Å². The van der Waals surface area contributed by atoms with Gasteiger partial charge in [0.2, 0.25) is 0 Å². The molecule has 0 radical (unpaired) electrons. The Hall–Kier alpha value is -0.780. The number of unbranched alkanes of at least 4 members (excludes halogenated alkanes) is 7. The number of rotatable bonds is 15. The van der Waals surface area contributed by atoms with E-state index in [0.717, 1.165) is 41.6 Å². The lowest BCUT2D eigenvalue weighted by molar-refractivity contribution is 0.0497. The molecule has 1 aliphatic carbocycles. The first-order chi connectivity index (χ1) is 15.5. The quantitative estimate of drug-likeness (QED) is 0.105. The maximum Gasteiger partial charge on any atom is 0.338 e. The zero-order valence-corrected chi connectivity index (χ0v) is 22.2. The number of alkyl halides is 1. The van der Waals surface area contributed by atoms with Crippen molar-refractivity contribution in [3.63, 3.8) is 0 Å². The Bertz CT molecular complexity index is 693. The van der Waals surface area contributed by atoms with E-state index >= 15 is 0 Å². The van der Waals surface area contributed by atoms with Crippen molar-refractivity contribution in [3.05, 3.63) is 27.7 Å². The van der Waals surface area contributed by atoms with Crippen LogP contribution >= 0.6 is 27.5 Å². The van der Waals surface area contributed by atoms with Gasteiger partial charge in [0.1, 0.15) is 0 Å². The second kappa shape index (κ2) is 15.2. The molecule has 0 amide bonds. The molecule has 0 unspecified atom stereocenters. The lowest BCUT2D eigenvalue weighted by Gasteiger charge is -2.38. The molecule has 1 aliphatic rings. The maximum absolute atomic E-state index is 12.6. The lowest BCUT2D eigenvalue weighted by atomic mass is 9.79. The Labute approximate surface area is 208 Å². The average Bonchev–Trinajstić information content (AvgIpc) is 2.81. The van der Waals surface area contributed by atoms with Gasteiger partial charge in [0.15, 0.2) is 0 Å². The number of carbonyl (C=O) groups is 1. The fourth-order valence-corrected chi connectivity index (χ4v) is 5.30. The van der Waals surface area contributed by atoms with Gasteiger partial charge >= 0.3 is 5.97 Å². The van der Waals surface area contributed by atoms with Crippen LogP contribution in [0.25, 0.3) is 0 Å². The molecule has 0 spiro atoms. The fraction of sp³-hybridized carbons (Fsp3) is 0.731. The smallest absolute Gasteiger partial charge is 0.338 e. The highest BCUT2D eigenvalue weighted by Crippen LogP contribution is 2.32. The molecule has 0 aliphatic heterocycles. The van der Waals surface area contributed by atoms with Crippen LogP contribution in [0.15, 0.2) is 16.6 Å². The molecule has 32 heavy (non-hydrogen) atoms. The van der Waals surface area contributed by atoms with Gasteiger partial charge in [0, 0.05) is 22.4 Å². The summed E-state index contributed by atoms with van der Waals surface area (Å²) in [5.41, 5.74) is 8.72. The second-order valence-corrected chi connectivity index (χ2v) is 10.5. The van der Waals surface area contributed by atoms with E-state index in [1.807, 2.05) is 6.07 Å². The molecule has 4 nitrogen and oxygen atoms in total. The van der Waals surface area contributed by atoms with Gasteiger partial charge in [-0.25, -0.2) is 4.79 Å². The van der Waals surface area contributed by atoms with Crippen LogP contribution in [0.4, 0.5) is 5.69 Å². The Balaban J connectivity index is 1.77. The van der Waals surface area contributed by atoms with E-state index in [-0.39, 0.29) is 11.5 Å². The number of carbonyl (C=O) groups excluding carboxylic acids is 1. The molecule has 0 aromatic heterocycles. The summed E-state index contributed by atoms with van der Waals surface area (Å²) in [6.07, 6.45) is 16.8. The zero-order chi connectivity index (χ0) is 23.2. The van der Waals surface area contributed by atoms with Gasteiger partial charge in [0.05, 0.1) is 17.9 Å². The Kier molecular flexibility index (Phi) is 13.0. The third-order valence-corrected chi connectivity index (χ3v) is 7.78. The van der Waals surface area contributed by atoms with Crippen molar-refractivity contribution >= 4 is 39.2 Å². The number of ether oxygens (including phenoxy) is 1. The molecule has 6 heteroatoms. The molecule has 0 atom stereocenters. The highest BCUT2D eigenvalue weighted by molar-refractivity contribution is 9.10. The Morgan fingerprint density at radius 2 is 1.69 bits per heavy atom. The van der Waals surface area contributed by atoms with Gasteiger partial charge in [-0.1, -0.05) is 64.7 Å². The van der Waals surface area contributed by atoms with Crippen LogP contribution in [-0.2, 0) is 11.3 Å². The summed E-state index contributed by atoms with van der Waals surface area (Å²) in [4.78, 5) is 12.6. The molecule has 1 fully saturated rings. The van der Waals surface area contributed by atoms with Crippen molar-refractivity contribution < 1.29 is 9.53 Å². The highest BCUT2D eigenvalue weighted by atomic mass is 79.9. The number of halogens is 2. The van der Waals surface area contributed by atoms with Crippen molar-refractivity contribution in [1.29, 1.82) is 0 Å². The van der Waals surface area contributed by atoms with E-state index in [1.165, 1.54) is 64.2 Å². The van der Waals surface area contributed by atoms with Gasteiger partial charge in [-0.2, -0.15) is 0 Å². The van der Waals surface area contributed by atoms with Crippen LogP contribution in [0.3, 0.4) is 0 Å². The van der Waals surface area contributed by atoms with E-state index in [9.17, 15) is 4.79 Å². The third kappa shape index (κ3) is 9.23. The maximum atomic E-state index is 12.6. The van der Waals surface area contributed by atoms with Crippen molar-refractivity contribution in [1.82, 2.24) is 5.32 Å². The van der Waals surface area contributed by atoms with E-state index in [0.29, 0.717) is 24.4 Å². The summed E-state index contributed by atoms with van der Waals surface area (Å²) in [5, 5.41) is 3.76. The van der Waals surface area contributed by atoms with Crippen molar-refractivity contribution in [3.8, 4) is 0 Å². The second-order valence-electron chi connectivity index (χ2n) is 9.23. The van der Waals surface area contributed by atoms with Crippen LogP contribution in [0.1, 0.15) is 113 Å². The molecule has 0 bridgehead atoms. The SMILES string of the molecule is CCC1(NCc2cc(C(=O)OCCCCCCCCCCCl)cc(Br)c2N)CCCCC1. The molecule has 3 N–H and O–H groups in total. The topological polar surface area (TPSA) is 64.3 Å². The summed E-state index contributed by atoms with van der Waals surface area (Å²) in [7, 11) is 0. The monoisotopic (exact) mass is 528 g/mol. The first-order valence-corrected chi connectivity index (χ1v) is 13.9. The standard InChI is InChI=1S/C26H42BrClN2O2/c1-2-26(14-10-9-11-15-26)30-20-22-18-21(19-23(27)24(22)29)25(31)32-17-13-8-6-4-3-5-7-12-16-28/h18-19,30H,2-17,20,29H2,1H3. The zero-order valence-electron chi connectivity index (χ0n) is 19.8. The van der Waals surface area contributed by atoms with E-state index in [4.69, 9.17) is 22.1 Å². The summed E-state index contributed by atoms with van der Waals surface area (Å²) in [5.74, 6) is 0.504. The molecule has 182 valence electrons. The predicted octanol–water partition coefficient (Wildman–Crippen LogP) is 7.75. The number of benzene rings is 1. The van der Waals surface area contributed by atoms with Crippen LogP contribution in [0.5, 0.6) is 0 Å². The fourth-order valence-electron chi connectivity index (χ4n) is 4.61. The van der Waals surface area contributed by atoms with E-state index < -0.39 is 0 Å². The minimum atomic E-state index is -0.268. The van der Waals surface area contributed by atoms with Crippen molar-refractivity contribution in [2.75, 3.05) is 18.2 Å². The number of nitrogens with one attached hydrogen (secondary N) is 1. The minimum absolute atomic E-state index is 0.192. The summed E-state index contributed by atoms with van der Waals surface area (Å²) in [6, 6.07) is 3.67. The molecule has 2 rings (SSSR count). The minimum Gasteiger partial charge on any atom is -0.462 e. The van der Waals surface area contributed by atoms with Crippen molar-refractivity contribution in [2.24, 2.45) is 0 Å². The number of hydrogen-bond acceptors (Lipinski definition) is 4. The molecule has 1 aromatic carbocycles. The largest absolute Gasteiger partial charge is 0.462 e. The molecule has 1 aromatic rings. The van der Waals surface area contributed by atoms with Crippen molar-refractivity contribution in [2.45, 2.75) is 109 Å². The van der Waals surface area contributed by atoms with Gasteiger partial charge < -0.3 is 15.8 Å². The first-order valence-electron chi connectivity index (χ1n) is 12.6. The van der Waals surface area contributed by atoms with Gasteiger partial charge in [0.25, 0.3) is 0 Å². The normalized spacial score (nSPS) is 15.6. The molecule has 0 saturated heterocycles. The van der Waals surface area contributed by atoms with Gasteiger partial charge in [-0.05, 0) is 65.7 Å². The number of nitrogens with two attached hydrogens (primary N) is 1. The molecular formula is C26H42BrClN2O2. The number of anilines is 1. The van der Waals surface area contributed by atoms with E-state index in [1.54, 1.807) is 6.07 Å². The van der Waals surface area contributed by atoms with Gasteiger partial charge in [-0.15, -0.1) is 11.6 Å². The number of esters is 1. The first kappa shape index (κ1) is 27.5. The summed E-state index contributed by atoms with van der Waals surface area (Å²) < 4.78 is 6.29. The Morgan fingerprint density at radius 1 is 1.06 bits per heavy atom. The summed E-state index contributed by atoms with van der Waals surface area (Å²) >= 11 is 9.23. The highest BCUT2D eigenvalue weighted by Gasteiger charge is 2.29. The average molecular weight is 530 g/mol. The third-order valence-electron chi connectivity index (χ3n) is 6.85. The number of hydrogen-bond donors (Lipinski definition) is 2. The lowest BCUT2D eigenvalue weighted by Crippen LogP contribution is -2.45.